The van der Waals surface area contributed by atoms with Gasteiger partial charge in [-0.3, -0.25) is 4.79 Å². The Morgan fingerprint density at radius 3 is 2.96 bits per heavy atom. The average Bonchev–Trinajstić information content (AvgIpc) is 3.04. The molecule has 2 aliphatic rings. The summed E-state index contributed by atoms with van der Waals surface area (Å²) in [6, 6.07) is 10.4. The summed E-state index contributed by atoms with van der Waals surface area (Å²) in [5.41, 5.74) is 2.22. The molecule has 24 heavy (non-hydrogen) atoms. The summed E-state index contributed by atoms with van der Waals surface area (Å²) >= 11 is 1.58. The van der Waals surface area contributed by atoms with Crippen LogP contribution in [0.4, 0.5) is 0 Å². The number of thiophene rings is 1. The lowest BCUT2D eigenvalue weighted by atomic mass is 9.78. The van der Waals surface area contributed by atoms with E-state index in [0.29, 0.717) is 24.5 Å². The van der Waals surface area contributed by atoms with E-state index in [9.17, 15) is 4.79 Å². The van der Waals surface area contributed by atoms with Gasteiger partial charge in [-0.1, -0.05) is 38.8 Å². The average molecular weight is 341 g/mol. The first-order valence-electron chi connectivity index (χ1n) is 8.79. The molecule has 1 saturated carbocycles. The van der Waals surface area contributed by atoms with Gasteiger partial charge in [-0.25, -0.2) is 0 Å². The number of hydrogen-bond donors (Lipinski definition) is 1. The number of rotatable bonds is 2. The molecule has 1 fully saturated rings. The molecule has 3 nitrogen and oxygen atoms in total. The van der Waals surface area contributed by atoms with Crippen molar-refractivity contribution in [3.63, 3.8) is 0 Å². The highest BCUT2D eigenvalue weighted by Gasteiger charge is 2.29. The molecule has 1 aliphatic heterocycles. The zero-order valence-electron chi connectivity index (χ0n) is 14.2. The molecule has 0 saturated heterocycles. The van der Waals surface area contributed by atoms with Crippen molar-refractivity contribution in [2.24, 2.45) is 11.8 Å². The lowest BCUT2D eigenvalue weighted by Crippen LogP contribution is -2.43. The fourth-order valence-corrected chi connectivity index (χ4v) is 4.94. The third-order valence-corrected chi connectivity index (χ3v) is 6.78. The first-order chi connectivity index (χ1) is 11.6. The van der Waals surface area contributed by atoms with E-state index in [-0.39, 0.29) is 5.91 Å². The molecule has 1 N–H and O–H groups in total. The lowest BCUT2D eigenvalue weighted by molar-refractivity contribution is 0.0895. The Labute approximate surface area is 147 Å². The molecule has 0 radical (unpaired) electrons. The Kier molecular flexibility index (Phi) is 4.09. The van der Waals surface area contributed by atoms with Crippen molar-refractivity contribution in [3.05, 3.63) is 40.8 Å². The van der Waals surface area contributed by atoms with Crippen molar-refractivity contribution < 1.29 is 9.53 Å². The number of ether oxygens (including phenoxy) is 1. The largest absolute Gasteiger partial charge is 0.488 e. The monoisotopic (exact) mass is 341 g/mol. The van der Waals surface area contributed by atoms with E-state index in [1.165, 1.54) is 17.7 Å². The standard InChI is InChI=1S/C20H23NO2S/c1-12-6-5-8-16(13(12)2)21-20(22)18-10-14-11-23-17-9-4-3-7-15(17)19(14)24-18/h3-4,7,9-10,12-13,16H,5-6,8,11H2,1-2H3,(H,21,22). The van der Waals surface area contributed by atoms with Gasteiger partial charge in [0.1, 0.15) is 12.4 Å². The summed E-state index contributed by atoms with van der Waals surface area (Å²) in [7, 11) is 0. The molecular weight excluding hydrogens is 318 g/mol. The minimum absolute atomic E-state index is 0.0674. The predicted molar refractivity (Wildman–Crippen MR) is 97.5 cm³/mol. The van der Waals surface area contributed by atoms with Gasteiger partial charge in [0, 0.05) is 22.0 Å². The van der Waals surface area contributed by atoms with Crippen LogP contribution in [0.1, 0.15) is 48.3 Å². The molecule has 126 valence electrons. The number of carbonyl (C=O) groups is 1. The van der Waals surface area contributed by atoms with Gasteiger partial charge < -0.3 is 10.1 Å². The van der Waals surface area contributed by atoms with Crippen LogP contribution in [0.5, 0.6) is 5.75 Å². The first kappa shape index (κ1) is 15.7. The molecule has 4 heteroatoms. The van der Waals surface area contributed by atoms with E-state index >= 15 is 0 Å². The van der Waals surface area contributed by atoms with Crippen LogP contribution >= 0.6 is 11.3 Å². The summed E-state index contributed by atoms with van der Waals surface area (Å²) < 4.78 is 5.80. The lowest BCUT2D eigenvalue weighted by Gasteiger charge is -2.34. The van der Waals surface area contributed by atoms with Crippen LogP contribution in [0, 0.1) is 11.8 Å². The summed E-state index contributed by atoms with van der Waals surface area (Å²) in [5, 5.41) is 3.28. The van der Waals surface area contributed by atoms with Gasteiger partial charge in [0.15, 0.2) is 0 Å². The number of carbonyl (C=O) groups excluding carboxylic acids is 1. The molecule has 3 unspecified atom stereocenters. The van der Waals surface area contributed by atoms with Gasteiger partial charge in [-0.15, -0.1) is 11.3 Å². The molecule has 1 aromatic carbocycles. The highest BCUT2D eigenvalue weighted by atomic mass is 32.1. The minimum Gasteiger partial charge on any atom is -0.488 e. The fraction of sp³-hybridized carbons (Fsp3) is 0.450. The number of benzene rings is 1. The van der Waals surface area contributed by atoms with E-state index in [0.717, 1.165) is 28.2 Å². The van der Waals surface area contributed by atoms with Crippen LogP contribution in [0.25, 0.3) is 10.4 Å². The summed E-state index contributed by atoms with van der Waals surface area (Å²) in [6.45, 7) is 5.10. The SMILES string of the molecule is CC1CCCC(NC(=O)c2cc3c(s2)-c2ccccc2OC3)C1C. The van der Waals surface area contributed by atoms with E-state index in [4.69, 9.17) is 4.74 Å². The zero-order chi connectivity index (χ0) is 16.7. The minimum atomic E-state index is 0.0674. The van der Waals surface area contributed by atoms with Crippen LogP contribution in [0.2, 0.25) is 0 Å². The maximum absolute atomic E-state index is 12.8. The topological polar surface area (TPSA) is 38.3 Å². The second-order valence-electron chi connectivity index (χ2n) is 7.10. The zero-order valence-corrected chi connectivity index (χ0v) is 15.0. The molecule has 0 bridgehead atoms. The van der Waals surface area contributed by atoms with Gasteiger partial charge in [-0.2, -0.15) is 0 Å². The van der Waals surface area contributed by atoms with Crippen LogP contribution in [-0.2, 0) is 6.61 Å². The van der Waals surface area contributed by atoms with Crippen molar-refractivity contribution in [1.29, 1.82) is 0 Å². The van der Waals surface area contributed by atoms with Crippen molar-refractivity contribution in [3.8, 4) is 16.2 Å². The Hall–Kier alpha value is -1.81. The Morgan fingerprint density at radius 1 is 1.25 bits per heavy atom. The highest BCUT2D eigenvalue weighted by molar-refractivity contribution is 7.17. The van der Waals surface area contributed by atoms with E-state index in [1.807, 2.05) is 24.3 Å². The molecule has 2 aromatic rings. The van der Waals surface area contributed by atoms with Crippen LogP contribution in [0.15, 0.2) is 30.3 Å². The Morgan fingerprint density at radius 2 is 2.08 bits per heavy atom. The van der Waals surface area contributed by atoms with Gasteiger partial charge in [-0.05, 0) is 36.5 Å². The van der Waals surface area contributed by atoms with E-state index in [2.05, 4.69) is 25.2 Å². The Bertz CT molecular complexity index is 767. The van der Waals surface area contributed by atoms with Crippen molar-refractivity contribution in [2.75, 3.05) is 0 Å². The van der Waals surface area contributed by atoms with Gasteiger partial charge in [0.25, 0.3) is 5.91 Å². The molecule has 4 rings (SSSR count). The third-order valence-electron chi connectivity index (χ3n) is 5.57. The van der Waals surface area contributed by atoms with Crippen LogP contribution < -0.4 is 10.1 Å². The number of para-hydroxylation sites is 1. The maximum atomic E-state index is 12.8. The van der Waals surface area contributed by atoms with Gasteiger partial charge >= 0.3 is 0 Å². The number of amides is 1. The quantitative estimate of drug-likeness (QED) is 0.847. The van der Waals surface area contributed by atoms with Crippen molar-refractivity contribution >= 4 is 17.2 Å². The number of fused-ring (bicyclic) bond motifs is 3. The molecule has 0 spiro atoms. The second kappa shape index (κ2) is 6.25. The molecule has 3 atom stereocenters. The molecule has 2 heterocycles. The molecule has 1 aliphatic carbocycles. The molecular formula is C20H23NO2S. The third kappa shape index (κ3) is 2.73. The second-order valence-corrected chi connectivity index (χ2v) is 8.15. The number of hydrogen-bond acceptors (Lipinski definition) is 3. The van der Waals surface area contributed by atoms with Crippen molar-refractivity contribution in [2.45, 2.75) is 45.8 Å². The molecule has 1 aromatic heterocycles. The maximum Gasteiger partial charge on any atom is 0.261 e. The van der Waals surface area contributed by atoms with Crippen molar-refractivity contribution in [1.82, 2.24) is 5.32 Å². The van der Waals surface area contributed by atoms with Crippen LogP contribution in [-0.4, -0.2) is 11.9 Å². The van der Waals surface area contributed by atoms with Gasteiger partial charge in [0.2, 0.25) is 0 Å². The predicted octanol–water partition coefficient (Wildman–Crippen LogP) is 4.86. The summed E-state index contributed by atoms with van der Waals surface area (Å²) in [6.07, 6.45) is 3.57. The first-order valence-corrected chi connectivity index (χ1v) is 9.61. The summed E-state index contributed by atoms with van der Waals surface area (Å²) in [4.78, 5) is 14.7. The number of nitrogens with one attached hydrogen (secondary N) is 1. The smallest absolute Gasteiger partial charge is 0.261 e. The van der Waals surface area contributed by atoms with Crippen LogP contribution in [0.3, 0.4) is 0 Å². The molecule has 1 amide bonds. The normalized spacial score (nSPS) is 25.3. The summed E-state index contributed by atoms with van der Waals surface area (Å²) in [5.74, 6) is 2.20. The van der Waals surface area contributed by atoms with Gasteiger partial charge in [0.05, 0.1) is 4.88 Å². The fourth-order valence-electron chi connectivity index (χ4n) is 3.84. The Balaban J connectivity index is 1.56. The van der Waals surface area contributed by atoms with E-state index < -0.39 is 0 Å². The van der Waals surface area contributed by atoms with E-state index in [1.54, 1.807) is 11.3 Å². The highest BCUT2D eigenvalue weighted by Crippen LogP contribution is 2.42.